The lowest BCUT2D eigenvalue weighted by Gasteiger charge is -2.21. The Hall–Kier alpha value is -2.53. The molecule has 2 heterocycles. The van der Waals surface area contributed by atoms with Crippen molar-refractivity contribution in [3.8, 4) is 5.75 Å². The summed E-state index contributed by atoms with van der Waals surface area (Å²) < 4.78 is 8.35. The molecule has 5 nitrogen and oxygen atoms in total. The topological polar surface area (TPSA) is 47.4 Å². The molecule has 0 aliphatic carbocycles. The molecular formula is C25H30ClN3O2. The second kappa shape index (κ2) is 9.73. The van der Waals surface area contributed by atoms with Crippen molar-refractivity contribution in [2.24, 2.45) is 0 Å². The Morgan fingerprint density at radius 1 is 1.13 bits per heavy atom. The van der Waals surface area contributed by atoms with Crippen molar-refractivity contribution in [1.82, 2.24) is 14.5 Å². The van der Waals surface area contributed by atoms with Crippen LogP contribution in [0.25, 0.3) is 11.0 Å². The average molecular weight is 440 g/mol. The zero-order chi connectivity index (χ0) is 21.8. The van der Waals surface area contributed by atoms with Crippen LogP contribution >= 0.6 is 11.6 Å². The molecule has 31 heavy (non-hydrogen) atoms. The Kier molecular flexibility index (Phi) is 6.81. The van der Waals surface area contributed by atoms with Crippen LogP contribution in [0.2, 0.25) is 5.02 Å². The summed E-state index contributed by atoms with van der Waals surface area (Å²) in [6.45, 7) is 6.32. The normalized spacial score (nSPS) is 15.6. The minimum Gasteiger partial charge on any atom is -0.483 e. The van der Waals surface area contributed by atoms with Gasteiger partial charge in [0.1, 0.15) is 5.75 Å². The van der Waals surface area contributed by atoms with Crippen molar-refractivity contribution in [3.63, 3.8) is 0 Å². The Balaban J connectivity index is 1.55. The third-order valence-electron chi connectivity index (χ3n) is 6.00. The molecule has 6 heteroatoms. The fraction of sp³-hybridized carbons (Fsp3) is 0.440. The monoisotopic (exact) mass is 439 g/mol. The van der Waals surface area contributed by atoms with Gasteiger partial charge in [-0.25, -0.2) is 4.98 Å². The molecule has 0 saturated carbocycles. The molecule has 0 radical (unpaired) electrons. The molecule has 3 aromatic rings. The van der Waals surface area contributed by atoms with Crippen molar-refractivity contribution in [1.29, 1.82) is 0 Å². The standard InChI is InChI=1S/C25H30ClN3O2/c1-18-17-20(11-12-21(18)26)31-19(2)25-27-22-9-5-6-10-23(22)29(25)16-13-24(30)28-14-7-3-4-8-15-28/h5-6,9-12,17,19H,3-4,7-8,13-16H2,1-2H3. The maximum Gasteiger partial charge on any atom is 0.224 e. The molecular weight excluding hydrogens is 410 g/mol. The van der Waals surface area contributed by atoms with Crippen molar-refractivity contribution >= 4 is 28.5 Å². The zero-order valence-corrected chi connectivity index (χ0v) is 19.1. The summed E-state index contributed by atoms with van der Waals surface area (Å²) in [5.41, 5.74) is 2.93. The second-order valence-electron chi connectivity index (χ2n) is 8.33. The maximum atomic E-state index is 12.9. The van der Waals surface area contributed by atoms with E-state index in [-0.39, 0.29) is 12.0 Å². The van der Waals surface area contributed by atoms with Gasteiger partial charge in [-0.05, 0) is 62.6 Å². The highest BCUT2D eigenvalue weighted by Crippen LogP contribution is 2.28. The minimum absolute atomic E-state index is 0.229. The average Bonchev–Trinajstić information content (AvgIpc) is 2.93. The van der Waals surface area contributed by atoms with Crippen LogP contribution in [0.1, 0.15) is 56.5 Å². The number of aromatic nitrogens is 2. The summed E-state index contributed by atoms with van der Waals surface area (Å²) in [5, 5.41) is 0.722. The molecule has 1 aromatic heterocycles. The van der Waals surface area contributed by atoms with Crippen molar-refractivity contribution < 1.29 is 9.53 Å². The number of imidazole rings is 1. The summed E-state index contributed by atoms with van der Waals surface area (Å²) in [6.07, 6.45) is 4.87. The van der Waals surface area contributed by atoms with Gasteiger partial charge in [-0.15, -0.1) is 0 Å². The van der Waals surface area contributed by atoms with Crippen LogP contribution in [-0.4, -0.2) is 33.4 Å². The number of amides is 1. The van der Waals surface area contributed by atoms with Gasteiger partial charge in [-0.2, -0.15) is 0 Å². The van der Waals surface area contributed by atoms with E-state index in [0.717, 1.165) is 59.1 Å². The molecule has 0 bridgehead atoms. The van der Waals surface area contributed by atoms with E-state index in [1.165, 1.54) is 12.8 Å². The number of rotatable bonds is 6. The predicted octanol–water partition coefficient (Wildman–Crippen LogP) is 5.93. The summed E-state index contributed by atoms with van der Waals surface area (Å²) in [6, 6.07) is 13.7. The first kappa shape index (κ1) is 21.7. The number of ether oxygens (including phenoxy) is 1. The zero-order valence-electron chi connectivity index (χ0n) is 18.3. The number of halogens is 1. The van der Waals surface area contributed by atoms with Gasteiger partial charge in [0.2, 0.25) is 5.91 Å². The number of fused-ring (bicyclic) bond motifs is 1. The number of hydrogen-bond acceptors (Lipinski definition) is 3. The number of carbonyl (C=O) groups excluding carboxylic acids is 1. The molecule has 1 atom stereocenters. The third-order valence-corrected chi connectivity index (χ3v) is 6.42. The van der Waals surface area contributed by atoms with Crippen LogP contribution in [0.3, 0.4) is 0 Å². The number of hydrogen-bond donors (Lipinski definition) is 0. The Morgan fingerprint density at radius 3 is 2.61 bits per heavy atom. The molecule has 164 valence electrons. The lowest BCUT2D eigenvalue weighted by atomic mass is 10.2. The number of likely N-dealkylation sites (tertiary alicyclic amines) is 1. The first-order valence-corrected chi connectivity index (χ1v) is 11.6. The first-order valence-electron chi connectivity index (χ1n) is 11.2. The van der Waals surface area contributed by atoms with Crippen molar-refractivity contribution in [2.45, 2.75) is 58.6 Å². The summed E-state index contributed by atoms with van der Waals surface area (Å²) >= 11 is 6.15. The summed E-state index contributed by atoms with van der Waals surface area (Å²) in [7, 11) is 0. The number of carbonyl (C=O) groups is 1. The van der Waals surface area contributed by atoms with Crippen LogP contribution in [0.5, 0.6) is 5.75 Å². The van der Waals surface area contributed by atoms with E-state index in [1.54, 1.807) is 0 Å². The van der Waals surface area contributed by atoms with Crippen LogP contribution in [0, 0.1) is 6.92 Å². The fourth-order valence-electron chi connectivity index (χ4n) is 4.27. The largest absolute Gasteiger partial charge is 0.483 e. The van der Waals surface area contributed by atoms with Crippen LogP contribution in [0.15, 0.2) is 42.5 Å². The van der Waals surface area contributed by atoms with E-state index in [0.29, 0.717) is 13.0 Å². The molecule has 1 unspecified atom stereocenters. The highest BCUT2D eigenvalue weighted by molar-refractivity contribution is 6.31. The lowest BCUT2D eigenvalue weighted by molar-refractivity contribution is -0.131. The number of aryl methyl sites for hydroxylation is 2. The van der Waals surface area contributed by atoms with Gasteiger partial charge in [0.15, 0.2) is 11.9 Å². The van der Waals surface area contributed by atoms with E-state index in [1.807, 2.05) is 55.1 Å². The van der Waals surface area contributed by atoms with Crippen LogP contribution < -0.4 is 4.74 Å². The highest BCUT2D eigenvalue weighted by atomic mass is 35.5. The van der Waals surface area contributed by atoms with Gasteiger partial charge < -0.3 is 14.2 Å². The van der Waals surface area contributed by atoms with Gasteiger partial charge in [0, 0.05) is 31.1 Å². The molecule has 0 spiro atoms. The quantitative estimate of drug-likeness (QED) is 0.478. The molecule has 1 aliphatic rings. The van der Waals surface area contributed by atoms with Gasteiger partial charge in [0.25, 0.3) is 0 Å². The molecule has 1 aliphatic heterocycles. The number of nitrogens with zero attached hydrogens (tertiary/aromatic N) is 3. The smallest absolute Gasteiger partial charge is 0.224 e. The molecule has 1 saturated heterocycles. The van der Waals surface area contributed by atoms with Gasteiger partial charge >= 0.3 is 0 Å². The van der Waals surface area contributed by atoms with Gasteiger partial charge in [-0.3, -0.25) is 4.79 Å². The van der Waals surface area contributed by atoms with Crippen LogP contribution in [-0.2, 0) is 11.3 Å². The molecule has 4 rings (SSSR count). The summed E-state index contributed by atoms with van der Waals surface area (Å²) in [4.78, 5) is 19.7. The SMILES string of the molecule is Cc1cc(OC(C)c2nc3ccccc3n2CCC(=O)N2CCCCCC2)ccc1Cl. The minimum atomic E-state index is -0.263. The van der Waals surface area contributed by atoms with Gasteiger partial charge in [0.05, 0.1) is 11.0 Å². The molecule has 0 N–H and O–H groups in total. The molecule has 2 aromatic carbocycles. The van der Waals surface area contributed by atoms with Crippen LogP contribution in [0.4, 0.5) is 0 Å². The fourth-order valence-corrected chi connectivity index (χ4v) is 4.39. The van der Waals surface area contributed by atoms with Crippen molar-refractivity contribution in [2.75, 3.05) is 13.1 Å². The Morgan fingerprint density at radius 2 is 1.87 bits per heavy atom. The number of para-hydroxylation sites is 2. The Labute approximate surface area is 189 Å². The van der Waals surface area contributed by atoms with Crippen molar-refractivity contribution in [3.05, 3.63) is 58.9 Å². The highest BCUT2D eigenvalue weighted by Gasteiger charge is 2.21. The van der Waals surface area contributed by atoms with E-state index in [4.69, 9.17) is 21.3 Å². The second-order valence-corrected chi connectivity index (χ2v) is 8.73. The molecule has 1 fully saturated rings. The van der Waals surface area contributed by atoms with Gasteiger partial charge in [-0.1, -0.05) is 36.6 Å². The Bertz CT molecular complexity index is 1050. The van der Waals surface area contributed by atoms with E-state index in [2.05, 4.69) is 10.6 Å². The third kappa shape index (κ3) is 5.04. The first-order chi connectivity index (χ1) is 15.0. The lowest BCUT2D eigenvalue weighted by Crippen LogP contribution is -2.32. The molecule has 1 amide bonds. The summed E-state index contributed by atoms with van der Waals surface area (Å²) in [5.74, 6) is 1.82. The van der Waals surface area contributed by atoms with E-state index < -0.39 is 0 Å². The van der Waals surface area contributed by atoms with E-state index in [9.17, 15) is 4.79 Å². The number of benzene rings is 2. The maximum absolute atomic E-state index is 12.9. The van der Waals surface area contributed by atoms with E-state index >= 15 is 0 Å². The predicted molar refractivity (Wildman–Crippen MR) is 125 cm³/mol.